The summed E-state index contributed by atoms with van der Waals surface area (Å²) in [7, 11) is 0. The maximum absolute atomic E-state index is 11.4. The number of alkyl halides is 1. The molecule has 1 saturated heterocycles. The Labute approximate surface area is 82.2 Å². The van der Waals surface area contributed by atoms with E-state index in [9.17, 15) is 9.59 Å². The molecule has 5 heteroatoms. The average molecular weight is 205 g/mol. The van der Waals surface area contributed by atoms with Gasteiger partial charge in [0.1, 0.15) is 6.04 Å². The molecule has 2 amide bonds. The van der Waals surface area contributed by atoms with Gasteiger partial charge in [-0.05, 0) is 6.92 Å². The van der Waals surface area contributed by atoms with Crippen LogP contribution >= 0.6 is 11.6 Å². The molecule has 0 bridgehead atoms. The summed E-state index contributed by atoms with van der Waals surface area (Å²) < 4.78 is 0. The fourth-order valence-corrected chi connectivity index (χ4v) is 1.51. The first kappa shape index (κ1) is 10.3. The van der Waals surface area contributed by atoms with E-state index in [1.165, 1.54) is 0 Å². The molecule has 1 rings (SSSR count). The van der Waals surface area contributed by atoms with Crippen LogP contribution in [0.2, 0.25) is 0 Å². The Morgan fingerprint density at radius 2 is 2.46 bits per heavy atom. The Hall–Kier alpha value is -0.770. The zero-order valence-corrected chi connectivity index (χ0v) is 8.30. The van der Waals surface area contributed by atoms with Crippen molar-refractivity contribution in [3.05, 3.63) is 0 Å². The van der Waals surface area contributed by atoms with Crippen LogP contribution in [0.3, 0.4) is 0 Å². The number of nitrogens with zero attached hydrogens (tertiary/aromatic N) is 1. The Balaban J connectivity index is 2.57. The highest BCUT2D eigenvalue weighted by Gasteiger charge is 2.28. The van der Waals surface area contributed by atoms with Crippen molar-refractivity contribution in [1.82, 2.24) is 10.2 Å². The van der Waals surface area contributed by atoms with Gasteiger partial charge in [-0.1, -0.05) is 0 Å². The zero-order valence-electron chi connectivity index (χ0n) is 7.55. The first-order chi connectivity index (χ1) is 6.16. The zero-order chi connectivity index (χ0) is 9.84. The third-order valence-corrected chi connectivity index (χ3v) is 2.32. The van der Waals surface area contributed by atoms with Gasteiger partial charge in [-0.2, -0.15) is 0 Å². The topological polar surface area (TPSA) is 49.4 Å². The number of hydrogen-bond donors (Lipinski definition) is 1. The smallest absolute Gasteiger partial charge is 0.242 e. The molecule has 1 unspecified atom stereocenters. The van der Waals surface area contributed by atoms with Crippen molar-refractivity contribution in [2.75, 3.05) is 19.0 Å². The van der Waals surface area contributed by atoms with Crippen LogP contribution in [-0.4, -0.2) is 41.7 Å². The average Bonchev–Trinajstić information content (AvgIpc) is 2.10. The quantitative estimate of drug-likeness (QED) is 0.642. The minimum Gasteiger partial charge on any atom is -0.353 e. The van der Waals surface area contributed by atoms with Gasteiger partial charge in [0.25, 0.3) is 0 Å². The predicted octanol–water partition coefficient (Wildman–Crippen LogP) is -0.0378. The fourth-order valence-electron chi connectivity index (χ4n) is 1.35. The molecule has 0 spiro atoms. The summed E-state index contributed by atoms with van der Waals surface area (Å²) in [5, 5.41) is 2.69. The third kappa shape index (κ3) is 2.34. The van der Waals surface area contributed by atoms with E-state index in [0.29, 0.717) is 25.4 Å². The fraction of sp³-hybridized carbons (Fsp3) is 0.750. The van der Waals surface area contributed by atoms with Gasteiger partial charge in [-0.3, -0.25) is 9.59 Å². The van der Waals surface area contributed by atoms with Crippen LogP contribution in [0.4, 0.5) is 0 Å². The van der Waals surface area contributed by atoms with Gasteiger partial charge in [0, 0.05) is 25.4 Å². The molecule has 1 fully saturated rings. The third-order valence-electron chi connectivity index (χ3n) is 2.13. The lowest BCUT2D eigenvalue weighted by Crippen LogP contribution is -2.55. The molecule has 1 atom stereocenters. The summed E-state index contributed by atoms with van der Waals surface area (Å²) in [5.74, 6) is 0.176. The van der Waals surface area contributed by atoms with Gasteiger partial charge in [0.2, 0.25) is 11.8 Å². The number of halogens is 1. The van der Waals surface area contributed by atoms with Gasteiger partial charge in [-0.25, -0.2) is 0 Å². The SMILES string of the molecule is CC1C(=O)NCCN1C(=O)CCCl. The van der Waals surface area contributed by atoms with Gasteiger partial charge in [0.05, 0.1) is 0 Å². The molecular weight excluding hydrogens is 192 g/mol. The maximum atomic E-state index is 11.4. The predicted molar refractivity (Wildman–Crippen MR) is 49.5 cm³/mol. The second-order valence-corrected chi connectivity index (χ2v) is 3.37. The maximum Gasteiger partial charge on any atom is 0.242 e. The summed E-state index contributed by atoms with van der Waals surface area (Å²) in [4.78, 5) is 24.2. The molecule has 0 aromatic heterocycles. The number of piperazine rings is 1. The summed E-state index contributed by atoms with van der Waals surface area (Å²) >= 11 is 5.45. The lowest BCUT2D eigenvalue weighted by atomic mass is 10.2. The molecule has 1 heterocycles. The van der Waals surface area contributed by atoms with Crippen LogP contribution in [-0.2, 0) is 9.59 Å². The van der Waals surface area contributed by atoms with Crippen LogP contribution in [0.25, 0.3) is 0 Å². The summed E-state index contributed by atoms with van der Waals surface area (Å²) in [6.07, 6.45) is 0.305. The molecule has 0 aliphatic carbocycles. The van der Waals surface area contributed by atoms with Crippen LogP contribution in [0.1, 0.15) is 13.3 Å². The van der Waals surface area contributed by atoms with Gasteiger partial charge >= 0.3 is 0 Å². The minimum atomic E-state index is -0.357. The molecular formula is C8H13ClN2O2. The van der Waals surface area contributed by atoms with Crippen molar-refractivity contribution < 1.29 is 9.59 Å². The number of hydrogen-bond acceptors (Lipinski definition) is 2. The number of carbonyl (C=O) groups is 2. The van der Waals surface area contributed by atoms with Crippen molar-refractivity contribution in [2.45, 2.75) is 19.4 Å². The number of carbonyl (C=O) groups excluding carboxylic acids is 2. The van der Waals surface area contributed by atoms with Gasteiger partial charge < -0.3 is 10.2 Å². The first-order valence-electron chi connectivity index (χ1n) is 4.30. The minimum absolute atomic E-state index is 0.0441. The lowest BCUT2D eigenvalue weighted by molar-refractivity contribution is -0.142. The molecule has 1 N–H and O–H groups in total. The Kier molecular flexibility index (Phi) is 3.54. The van der Waals surface area contributed by atoms with Crippen LogP contribution in [0, 0.1) is 0 Å². The molecule has 0 aromatic rings. The van der Waals surface area contributed by atoms with E-state index in [2.05, 4.69) is 5.32 Å². The molecule has 1 aliphatic rings. The van der Waals surface area contributed by atoms with Crippen molar-refractivity contribution in [2.24, 2.45) is 0 Å². The Morgan fingerprint density at radius 1 is 1.77 bits per heavy atom. The van der Waals surface area contributed by atoms with Crippen molar-refractivity contribution in [3.8, 4) is 0 Å². The molecule has 0 aromatic carbocycles. The van der Waals surface area contributed by atoms with E-state index < -0.39 is 0 Å². The summed E-state index contributed by atoms with van der Waals surface area (Å²) in [6, 6.07) is -0.357. The van der Waals surface area contributed by atoms with E-state index in [1.54, 1.807) is 11.8 Å². The molecule has 13 heavy (non-hydrogen) atoms. The second-order valence-electron chi connectivity index (χ2n) is 2.99. The van der Waals surface area contributed by atoms with Gasteiger partial charge in [-0.15, -0.1) is 11.6 Å². The number of nitrogens with one attached hydrogen (secondary N) is 1. The normalized spacial score (nSPS) is 22.8. The van der Waals surface area contributed by atoms with Gasteiger partial charge in [0.15, 0.2) is 0 Å². The van der Waals surface area contributed by atoms with E-state index in [-0.39, 0.29) is 17.9 Å². The summed E-state index contributed by atoms with van der Waals surface area (Å²) in [6.45, 7) is 2.85. The monoisotopic (exact) mass is 204 g/mol. The second kappa shape index (κ2) is 4.46. The molecule has 0 radical (unpaired) electrons. The van der Waals surface area contributed by atoms with E-state index >= 15 is 0 Å². The molecule has 0 saturated carbocycles. The molecule has 4 nitrogen and oxygen atoms in total. The van der Waals surface area contributed by atoms with Crippen LogP contribution < -0.4 is 5.32 Å². The largest absolute Gasteiger partial charge is 0.353 e. The highest BCUT2D eigenvalue weighted by atomic mass is 35.5. The van der Waals surface area contributed by atoms with Crippen molar-refractivity contribution in [3.63, 3.8) is 0 Å². The van der Waals surface area contributed by atoms with Crippen LogP contribution in [0.15, 0.2) is 0 Å². The standard InChI is InChI=1S/C8H13ClN2O2/c1-6-8(13)10-4-5-11(6)7(12)2-3-9/h6H,2-5H2,1H3,(H,10,13). The molecule has 74 valence electrons. The highest BCUT2D eigenvalue weighted by Crippen LogP contribution is 2.06. The summed E-state index contributed by atoms with van der Waals surface area (Å²) in [5.41, 5.74) is 0. The Bertz CT molecular complexity index is 220. The van der Waals surface area contributed by atoms with E-state index in [1.807, 2.05) is 0 Å². The molecule has 1 aliphatic heterocycles. The number of rotatable bonds is 2. The van der Waals surface area contributed by atoms with E-state index in [4.69, 9.17) is 11.6 Å². The Morgan fingerprint density at radius 3 is 3.08 bits per heavy atom. The first-order valence-corrected chi connectivity index (χ1v) is 4.83. The van der Waals surface area contributed by atoms with Crippen LogP contribution in [0.5, 0.6) is 0 Å². The lowest BCUT2D eigenvalue weighted by Gasteiger charge is -2.32. The van der Waals surface area contributed by atoms with E-state index in [0.717, 1.165) is 0 Å². The highest BCUT2D eigenvalue weighted by molar-refractivity contribution is 6.19. The van der Waals surface area contributed by atoms with Crippen molar-refractivity contribution >= 4 is 23.4 Å². The number of amides is 2. The van der Waals surface area contributed by atoms with Crippen molar-refractivity contribution in [1.29, 1.82) is 0 Å².